The summed E-state index contributed by atoms with van der Waals surface area (Å²) in [6, 6.07) is 0.536. The van der Waals surface area contributed by atoms with Crippen LogP contribution < -0.4 is 4.74 Å². The molecule has 1 fully saturated rings. The zero-order valence-corrected chi connectivity index (χ0v) is 16.0. The summed E-state index contributed by atoms with van der Waals surface area (Å²) in [5.74, 6) is -0.0326. The van der Waals surface area contributed by atoms with Gasteiger partial charge in [-0.2, -0.15) is 0 Å². The molecular weight excluding hydrogens is 320 g/mol. The third kappa shape index (κ3) is 5.37. The number of amides is 1. The normalized spacial score (nSPS) is 16.0. The molecule has 1 amide bonds. The van der Waals surface area contributed by atoms with E-state index in [1.165, 1.54) is 0 Å². The highest BCUT2D eigenvalue weighted by molar-refractivity contribution is 5.77. The summed E-state index contributed by atoms with van der Waals surface area (Å²) in [6.07, 6.45) is 1.95. The average molecular weight is 350 g/mol. The van der Waals surface area contributed by atoms with Crippen molar-refractivity contribution in [2.45, 2.75) is 39.7 Å². The van der Waals surface area contributed by atoms with Crippen LogP contribution in [0.15, 0.2) is 0 Å². The Balaban J connectivity index is 1.81. The van der Waals surface area contributed by atoms with Crippen LogP contribution in [-0.4, -0.2) is 78.7 Å². The lowest BCUT2D eigenvalue weighted by Gasteiger charge is -2.36. The first-order chi connectivity index (χ1) is 11.9. The molecule has 2 heterocycles. The lowest BCUT2D eigenvalue weighted by molar-refractivity contribution is -0.135. The fourth-order valence-electron chi connectivity index (χ4n) is 2.99. The van der Waals surface area contributed by atoms with Gasteiger partial charge in [0, 0.05) is 51.2 Å². The number of likely N-dealkylation sites (N-methyl/N-ethyl adjacent to an activating group) is 1. The fourth-order valence-corrected chi connectivity index (χ4v) is 2.99. The third-order valence-electron chi connectivity index (χ3n) is 5.05. The number of methoxy groups -OCH3 is 1. The maximum Gasteiger partial charge on any atom is 0.317 e. The van der Waals surface area contributed by atoms with Gasteiger partial charge in [-0.25, -0.2) is 9.97 Å². The smallest absolute Gasteiger partial charge is 0.317 e. The van der Waals surface area contributed by atoms with E-state index < -0.39 is 0 Å². The number of hydrogen-bond acceptors (Lipinski definition) is 6. The van der Waals surface area contributed by atoms with E-state index in [0.29, 0.717) is 0 Å². The molecule has 0 bridgehead atoms. The second kappa shape index (κ2) is 9.10. The number of carbonyl (C=O) groups excluding carboxylic acids is 1. The highest BCUT2D eigenvalue weighted by Crippen LogP contribution is 2.16. The van der Waals surface area contributed by atoms with Gasteiger partial charge in [-0.15, -0.1) is 0 Å². The van der Waals surface area contributed by atoms with Gasteiger partial charge in [0.25, 0.3) is 5.91 Å². The molecule has 2 rings (SSSR count). The molecule has 0 N–H and O–H groups in total. The molecule has 1 aromatic heterocycles. The highest BCUT2D eigenvalue weighted by Gasteiger charge is 2.25. The first kappa shape index (κ1) is 19.6. The lowest BCUT2D eigenvalue weighted by atomic mass is 10.0. The molecule has 0 unspecified atom stereocenters. The van der Waals surface area contributed by atoms with Crippen LogP contribution in [0.4, 0.5) is 0 Å². The molecule has 7 heteroatoms. The van der Waals surface area contributed by atoms with Crippen molar-refractivity contribution in [2.75, 3.05) is 47.0 Å². The average Bonchev–Trinajstić information content (AvgIpc) is 2.62. The van der Waals surface area contributed by atoms with E-state index in [-0.39, 0.29) is 24.6 Å². The van der Waals surface area contributed by atoms with E-state index in [1.54, 1.807) is 7.11 Å². The van der Waals surface area contributed by atoms with E-state index in [2.05, 4.69) is 14.9 Å². The minimum Gasteiger partial charge on any atom is -0.453 e. The van der Waals surface area contributed by atoms with Gasteiger partial charge in [0.2, 0.25) is 0 Å². The fraction of sp³-hybridized carbons (Fsp3) is 0.722. The van der Waals surface area contributed by atoms with E-state index in [4.69, 9.17) is 9.47 Å². The molecule has 0 aliphatic carbocycles. The van der Waals surface area contributed by atoms with Crippen LogP contribution in [-0.2, 0) is 9.53 Å². The SMILES string of the molecule is COCCN1CCC(N(C)C(=O)COc2nc(C)c(C)c(C)n2)CC1. The van der Waals surface area contributed by atoms with E-state index in [1.807, 2.05) is 32.7 Å². The van der Waals surface area contributed by atoms with Crippen LogP contribution in [0, 0.1) is 20.8 Å². The number of ether oxygens (including phenoxy) is 2. The van der Waals surface area contributed by atoms with Crippen LogP contribution >= 0.6 is 0 Å². The summed E-state index contributed by atoms with van der Waals surface area (Å²) < 4.78 is 10.7. The molecular formula is C18H30N4O3. The predicted molar refractivity (Wildman–Crippen MR) is 95.8 cm³/mol. The quantitative estimate of drug-likeness (QED) is 0.739. The monoisotopic (exact) mass is 350 g/mol. The standard InChI is InChI=1S/C18H30N4O3/c1-13-14(2)19-18(20-15(13)3)25-12-17(23)21(4)16-6-8-22(9-7-16)10-11-24-5/h16H,6-12H2,1-5H3. The Morgan fingerprint density at radius 2 is 1.80 bits per heavy atom. The summed E-state index contributed by atoms with van der Waals surface area (Å²) in [5, 5.41) is 0. The summed E-state index contributed by atoms with van der Waals surface area (Å²) in [5.41, 5.74) is 2.81. The number of aryl methyl sites for hydroxylation is 2. The molecule has 0 aromatic carbocycles. The van der Waals surface area contributed by atoms with Crippen LogP contribution in [0.3, 0.4) is 0 Å². The Kier molecular flexibility index (Phi) is 7.13. The van der Waals surface area contributed by atoms with Crippen molar-refractivity contribution < 1.29 is 14.3 Å². The number of hydrogen-bond donors (Lipinski definition) is 0. The Labute approximate surface area is 150 Å². The predicted octanol–water partition coefficient (Wildman–Crippen LogP) is 1.35. The van der Waals surface area contributed by atoms with E-state index >= 15 is 0 Å². The topological polar surface area (TPSA) is 67.8 Å². The number of aromatic nitrogens is 2. The Morgan fingerprint density at radius 3 is 2.36 bits per heavy atom. The van der Waals surface area contributed by atoms with Crippen LogP contribution in [0.1, 0.15) is 29.8 Å². The number of carbonyl (C=O) groups is 1. The van der Waals surface area contributed by atoms with E-state index in [0.717, 1.165) is 56.0 Å². The molecule has 7 nitrogen and oxygen atoms in total. The largest absolute Gasteiger partial charge is 0.453 e. The maximum atomic E-state index is 12.4. The number of piperidine rings is 1. The van der Waals surface area contributed by atoms with Crippen molar-refractivity contribution in [1.82, 2.24) is 19.8 Å². The molecule has 1 saturated heterocycles. The van der Waals surface area contributed by atoms with Gasteiger partial charge in [0.05, 0.1) is 6.61 Å². The Morgan fingerprint density at radius 1 is 1.20 bits per heavy atom. The van der Waals surface area contributed by atoms with Gasteiger partial charge in [0.15, 0.2) is 6.61 Å². The molecule has 140 valence electrons. The second-order valence-electron chi connectivity index (χ2n) is 6.66. The summed E-state index contributed by atoms with van der Waals surface area (Å²) >= 11 is 0. The molecule has 25 heavy (non-hydrogen) atoms. The minimum absolute atomic E-state index is 0.0255. The zero-order valence-electron chi connectivity index (χ0n) is 16.0. The number of rotatable bonds is 7. The molecule has 1 aromatic rings. The Hall–Kier alpha value is -1.73. The highest BCUT2D eigenvalue weighted by atomic mass is 16.5. The molecule has 1 aliphatic rings. The van der Waals surface area contributed by atoms with Crippen molar-refractivity contribution in [1.29, 1.82) is 0 Å². The summed E-state index contributed by atoms with van der Waals surface area (Å²) in [6.45, 7) is 9.48. The van der Waals surface area contributed by atoms with Crippen LogP contribution in [0.25, 0.3) is 0 Å². The molecule has 0 spiro atoms. The van der Waals surface area contributed by atoms with Crippen LogP contribution in [0.5, 0.6) is 6.01 Å². The Bertz CT molecular complexity index is 563. The molecule has 0 saturated carbocycles. The summed E-state index contributed by atoms with van der Waals surface area (Å²) in [7, 11) is 3.58. The maximum absolute atomic E-state index is 12.4. The van der Waals surface area contributed by atoms with Gasteiger partial charge < -0.3 is 19.3 Å². The molecule has 0 radical (unpaired) electrons. The van der Waals surface area contributed by atoms with Gasteiger partial charge in [0.1, 0.15) is 0 Å². The lowest BCUT2D eigenvalue weighted by Crippen LogP contribution is -2.47. The van der Waals surface area contributed by atoms with Crippen molar-refractivity contribution in [2.24, 2.45) is 0 Å². The van der Waals surface area contributed by atoms with Gasteiger partial charge >= 0.3 is 6.01 Å². The first-order valence-electron chi connectivity index (χ1n) is 8.84. The van der Waals surface area contributed by atoms with Gasteiger partial charge in [-0.3, -0.25) is 4.79 Å². The summed E-state index contributed by atoms with van der Waals surface area (Å²) in [4.78, 5) is 25.2. The minimum atomic E-state index is -0.0326. The van der Waals surface area contributed by atoms with Crippen molar-refractivity contribution in [3.05, 3.63) is 17.0 Å². The van der Waals surface area contributed by atoms with Crippen molar-refractivity contribution in [3.8, 4) is 6.01 Å². The van der Waals surface area contributed by atoms with Gasteiger partial charge in [-0.05, 0) is 39.2 Å². The van der Waals surface area contributed by atoms with Crippen LogP contribution in [0.2, 0.25) is 0 Å². The van der Waals surface area contributed by atoms with Crippen molar-refractivity contribution in [3.63, 3.8) is 0 Å². The van der Waals surface area contributed by atoms with Gasteiger partial charge in [-0.1, -0.05) is 0 Å². The first-order valence-corrected chi connectivity index (χ1v) is 8.84. The molecule has 0 atom stereocenters. The number of likely N-dealkylation sites (tertiary alicyclic amines) is 1. The zero-order chi connectivity index (χ0) is 18.4. The number of nitrogens with zero attached hydrogens (tertiary/aromatic N) is 4. The van der Waals surface area contributed by atoms with E-state index in [9.17, 15) is 4.79 Å². The third-order valence-corrected chi connectivity index (χ3v) is 5.05. The van der Waals surface area contributed by atoms with Crippen molar-refractivity contribution >= 4 is 5.91 Å². The molecule has 1 aliphatic heterocycles. The second-order valence-corrected chi connectivity index (χ2v) is 6.66.